The molecule has 6 heteroatoms. The fourth-order valence-corrected chi connectivity index (χ4v) is 4.72. The topological polar surface area (TPSA) is 77.4 Å². The quantitative estimate of drug-likeness (QED) is 0.162. The molecule has 0 aromatic rings. The van der Waals surface area contributed by atoms with Crippen molar-refractivity contribution in [1.82, 2.24) is 0 Å². The van der Waals surface area contributed by atoms with E-state index in [-0.39, 0.29) is 57.5 Å². The molecule has 29 heavy (non-hydrogen) atoms. The molecule has 0 radical (unpaired) electrons. The Kier molecular flexibility index (Phi) is 25.6. The van der Waals surface area contributed by atoms with Crippen LogP contribution in [0, 0.1) is 0 Å². The van der Waals surface area contributed by atoms with Crippen molar-refractivity contribution in [1.29, 1.82) is 0 Å². The smallest absolute Gasteiger partial charge is 0.748 e. The average molecular weight is 459 g/mol. The SMILES string of the molecule is CCCCCCCCCCCCCCC(CCCCCCC(C)O)S(=O)(=O)[O-].[K+]. The molecular weight excluding hydrogens is 411 g/mol. The van der Waals surface area contributed by atoms with Crippen LogP contribution in [-0.2, 0) is 10.1 Å². The van der Waals surface area contributed by atoms with Gasteiger partial charge in [0.2, 0.25) is 0 Å². The summed E-state index contributed by atoms with van der Waals surface area (Å²) >= 11 is 0. The molecule has 170 valence electrons. The Labute approximate surface area is 224 Å². The van der Waals surface area contributed by atoms with E-state index in [0.717, 1.165) is 51.4 Å². The van der Waals surface area contributed by atoms with Crippen molar-refractivity contribution in [3.8, 4) is 0 Å². The Balaban J connectivity index is 0. The Morgan fingerprint density at radius 2 is 0.966 bits per heavy atom. The second-order valence-corrected chi connectivity index (χ2v) is 10.3. The van der Waals surface area contributed by atoms with E-state index in [0.29, 0.717) is 12.8 Å². The molecule has 0 rings (SSSR count). The van der Waals surface area contributed by atoms with Crippen molar-refractivity contribution >= 4 is 10.1 Å². The third kappa shape index (κ3) is 24.0. The van der Waals surface area contributed by atoms with Gasteiger partial charge in [-0.1, -0.05) is 110 Å². The van der Waals surface area contributed by atoms with E-state index in [1.54, 1.807) is 6.92 Å². The molecule has 0 aromatic heterocycles. The molecular formula is C23H47KO4S. The number of hydrogen-bond donors (Lipinski definition) is 1. The first-order valence-electron chi connectivity index (χ1n) is 12.0. The summed E-state index contributed by atoms with van der Waals surface area (Å²) in [5.74, 6) is 0. The monoisotopic (exact) mass is 458 g/mol. The summed E-state index contributed by atoms with van der Waals surface area (Å²) in [6, 6.07) is 0. The predicted octanol–water partition coefficient (Wildman–Crippen LogP) is 3.72. The molecule has 0 saturated heterocycles. The molecule has 0 aromatic carbocycles. The van der Waals surface area contributed by atoms with Gasteiger partial charge in [-0.25, -0.2) is 8.42 Å². The number of aliphatic hydroxyl groups excluding tert-OH is 1. The van der Waals surface area contributed by atoms with Crippen LogP contribution in [0.1, 0.15) is 136 Å². The minimum atomic E-state index is -4.18. The van der Waals surface area contributed by atoms with Crippen LogP contribution in [0.2, 0.25) is 0 Å². The normalized spacial score (nSPS) is 13.8. The van der Waals surface area contributed by atoms with Crippen molar-refractivity contribution in [2.75, 3.05) is 0 Å². The minimum absolute atomic E-state index is 0. The van der Waals surface area contributed by atoms with Gasteiger partial charge in [0.25, 0.3) is 0 Å². The van der Waals surface area contributed by atoms with Gasteiger partial charge in [0.15, 0.2) is 0 Å². The van der Waals surface area contributed by atoms with Crippen LogP contribution in [0.25, 0.3) is 0 Å². The molecule has 2 unspecified atom stereocenters. The Morgan fingerprint density at radius 1 is 0.655 bits per heavy atom. The van der Waals surface area contributed by atoms with Crippen molar-refractivity contribution in [3.63, 3.8) is 0 Å². The molecule has 2 atom stereocenters. The van der Waals surface area contributed by atoms with Crippen LogP contribution < -0.4 is 51.4 Å². The van der Waals surface area contributed by atoms with Gasteiger partial charge in [0.05, 0.1) is 16.2 Å². The molecule has 0 fully saturated rings. The van der Waals surface area contributed by atoms with Crippen molar-refractivity contribution in [3.05, 3.63) is 0 Å². The number of aliphatic hydroxyl groups is 1. The summed E-state index contributed by atoms with van der Waals surface area (Å²) < 4.78 is 34.5. The fourth-order valence-electron chi connectivity index (χ4n) is 3.81. The van der Waals surface area contributed by atoms with Crippen LogP contribution in [0.3, 0.4) is 0 Å². The van der Waals surface area contributed by atoms with Crippen molar-refractivity contribution < 1.29 is 69.5 Å². The first-order valence-corrected chi connectivity index (χ1v) is 13.5. The van der Waals surface area contributed by atoms with Gasteiger partial charge in [-0.2, -0.15) is 0 Å². The zero-order valence-electron chi connectivity index (χ0n) is 19.7. The second-order valence-electron chi connectivity index (χ2n) is 8.63. The van der Waals surface area contributed by atoms with E-state index < -0.39 is 15.4 Å². The predicted molar refractivity (Wildman–Crippen MR) is 119 cm³/mol. The molecule has 0 bridgehead atoms. The maximum atomic E-state index is 11.5. The summed E-state index contributed by atoms with van der Waals surface area (Å²) in [5, 5.41) is 8.52. The largest absolute Gasteiger partial charge is 1.00 e. The maximum absolute atomic E-state index is 11.5. The number of unbranched alkanes of at least 4 members (excludes halogenated alkanes) is 14. The zero-order valence-corrected chi connectivity index (χ0v) is 23.6. The van der Waals surface area contributed by atoms with E-state index in [1.165, 1.54) is 57.8 Å². The van der Waals surface area contributed by atoms with E-state index in [1.807, 2.05) is 0 Å². The standard InChI is InChI=1S/C23H48O4S.K/c1-3-4-5-6-7-8-9-10-11-12-13-17-20-23(28(25,26)27)21-18-15-14-16-19-22(2)24;/h22-24H,3-21H2,1-2H3,(H,25,26,27);/q;+1/p-1. The van der Waals surface area contributed by atoms with Gasteiger partial charge in [-0.3, -0.25) is 0 Å². The van der Waals surface area contributed by atoms with Gasteiger partial charge in [0.1, 0.15) is 0 Å². The molecule has 0 aliphatic rings. The third-order valence-electron chi connectivity index (χ3n) is 5.69. The minimum Gasteiger partial charge on any atom is -0.748 e. The summed E-state index contributed by atoms with van der Waals surface area (Å²) in [7, 11) is -4.18. The Morgan fingerprint density at radius 3 is 1.28 bits per heavy atom. The molecule has 0 saturated carbocycles. The van der Waals surface area contributed by atoms with Gasteiger partial charge >= 0.3 is 51.4 Å². The van der Waals surface area contributed by atoms with Gasteiger partial charge in [0, 0.05) is 5.25 Å². The van der Waals surface area contributed by atoms with Crippen LogP contribution in [0.15, 0.2) is 0 Å². The Hall–Kier alpha value is 1.51. The molecule has 0 amide bonds. The molecule has 1 N–H and O–H groups in total. The molecule has 0 heterocycles. The maximum Gasteiger partial charge on any atom is 1.00 e. The van der Waals surface area contributed by atoms with Crippen LogP contribution in [0.5, 0.6) is 0 Å². The average Bonchev–Trinajstić information content (AvgIpc) is 2.62. The first-order chi connectivity index (χ1) is 13.4. The molecule has 0 aliphatic carbocycles. The van der Waals surface area contributed by atoms with Crippen LogP contribution in [-0.4, -0.2) is 29.4 Å². The summed E-state index contributed by atoms with van der Waals surface area (Å²) in [6.07, 6.45) is 20.3. The van der Waals surface area contributed by atoms with Crippen molar-refractivity contribution in [2.45, 2.75) is 147 Å². The number of rotatable bonds is 21. The summed E-state index contributed by atoms with van der Waals surface area (Å²) in [6.45, 7) is 4.03. The van der Waals surface area contributed by atoms with E-state index in [2.05, 4.69) is 6.92 Å². The number of hydrogen-bond acceptors (Lipinski definition) is 4. The zero-order chi connectivity index (χ0) is 21.1. The van der Waals surface area contributed by atoms with Crippen LogP contribution in [0.4, 0.5) is 0 Å². The van der Waals surface area contributed by atoms with E-state index in [4.69, 9.17) is 0 Å². The van der Waals surface area contributed by atoms with Crippen molar-refractivity contribution in [2.24, 2.45) is 0 Å². The summed E-state index contributed by atoms with van der Waals surface area (Å²) in [4.78, 5) is 0. The second kappa shape index (κ2) is 22.7. The molecule has 0 aliphatic heterocycles. The molecule has 4 nitrogen and oxygen atoms in total. The molecule has 0 spiro atoms. The Bertz CT molecular complexity index is 427. The van der Waals surface area contributed by atoms with Crippen LogP contribution >= 0.6 is 0 Å². The first kappa shape index (κ1) is 32.7. The van der Waals surface area contributed by atoms with E-state index >= 15 is 0 Å². The van der Waals surface area contributed by atoms with Gasteiger partial charge < -0.3 is 9.66 Å². The van der Waals surface area contributed by atoms with Gasteiger partial charge in [-0.15, -0.1) is 0 Å². The third-order valence-corrected chi connectivity index (χ3v) is 6.97. The van der Waals surface area contributed by atoms with E-state index in [9.17, 15) is 18.1 Å². The summed E-state index contributed by atoms with van der Waals surface area (Å²) in [5.41, 5.74) is 0. The van der Waals surface area contributed by atoms with Gasteiger partial charge in [-0.05, 0) is 26.2 Å². The fraction of sp³-hybridized carbons (Fsp3) is 1.00.